The predicted molar refractivity (Wildman–Crippen MR) is 107 cm³/mol. The molecule has 1 amide bonds. The smallest absolute Gasteiger partial charge is 0.245 e. The van der Waals surface area contributed by atoms with Gasteiger partial charge in [-0.25, -0.2) is 13.4 Å². The van der Waals surface area contributed by atoms with Crippen LogP contribution in [-0.2, 0) is 14.8 Å². The molecule has 0 saturated heterocycles. The number of nitrogens with one attached hydrogen (secondary N) is 1. The van der Waals surface area contributed by atoms with Crippen LogP contribution in [-0.4, -0.2) is 31.3 Å². The molecule has 1 heterocycles. The van der Waals surface area contributed by atoms with Gasteiger partial charge < -0.3 is 0 Å². The number of rotatable bonds is 5. The molecule has 1 atom stereocenters. The predicted octanol–water partition coefficient (Wildman–Crippen LogP) is 3.39. The summed E-state index contributed by atoms with van der Waals surface area (Å²) in [6, 6.07) is 16.7. The van der Waals surface area contributed by atoms with Gasteiger partial charge in [0.2, 0.25) is 15.9 Å². The van der Waals surface area contributed by atoms with Crippen LogP contribution in [0.1, 0.15) is 37.4 Å². The van der Waals surface area contributed by atoms with E-state index in [0.717, 1.165) is 23.1 Å². The Kier molecular flexibility index (Phi) is 5.32. The minimum atomic E-state index is -3.36. The number of anilines is 1. The van der Waals surface area contributed by atoms with E-state index in [-0.39, 0.29) is 17.9 Å². The van der Waals surface area contributed by atoms with Crippen molar-refractivity contribution in [3.8, 4) is 0 Å². The fraction of sp³-hybridized carbons (Fsp3) is 0.300. The van der Waals surface area contributed by atoms with Crippen LogP contribution in [0, 0.1) is 5.92 Å². The quantitative estimate of drug-likeness (QED) is 0.857. The molecule has 0 aromatic heterocycles. The Balaban J connectivity index is 1.95. The van der Waals surface area contributed by atoms with Crippen molar-refractivity contribution in [3.05, 3.63) is 65.7 Å². The van der Waals surface area contributed by atoms with E-state index in [0.29, 0.717) is 12.1 Å². The van der Waals surface area contributed by atoms with Gasteiger partial charge >= 0.3 is 0 Å². The van der Waals surface area contributed by atoms with E-state index >= 15 is 0 Å². The van der Waals surface area contributed by atoms with Crippen molar-refractivity contribution in [3.63, 3.8) is 0 Å². The van der Waals surface area contributed by atoms with Crippen LogP contribution in [0.3, 0.4) is 0 Å². The highest BCUT2D eigenvalue weighted by molar-refractivity contribution is 7.92. The first-order valence-corrected chi connectivity index (χ1v) is 10.7. The maximum absolute atomic E-state index is 12.7. The third-order valence-electron chi connectivity index (χ3n) is 4.31. The minimum absolute atomic E-state index is 0.0377. The van der Waals surface area contributed by atoms with Crippen LogP contribution in [0.5, 0.6) is 0 Å². The van der Waals surface area contributed by atoms with Gasteiger partial charge in [0, 0.05) is 18.0 Å². The number of carbonyl (C=O) groups is 1. The normalized spacial score (nSPS) is 17.1. The van der Waals surface area contributed by atoms with Crippen LogP contribution < -0.4 is 4.72 Å². The first-order chi connectivity index (χ1) is 12.7. The first kappa shape index (κ1) is 19.1. The average molecular weight is 385 g/mol. The van der Waals surface area contributed by atoms with Crippen molar-refractivity contribution in [2.45, 2.75) is 26.3 Å². The van der Waals surface area contributed by atoms with E-state index in [1.54, 1.807) is 23.2 Å². The van der Waals surface area contributed by atoms with Gasteiger partial charge in [0.25, 0.3) is 0 Å². The van der Waals surface area contributed by atoms with Gasteiger partial charge in [-0.3, -0.25) is 9.52 Å². The van der Waals surface area contributed by atoms with Crippen molar-refractivity contribution in [2.75, 3.05) is 11.0 Å². The summed E-state index contributed by atoms with van der Waals surface area (Å²) in [6.45, 7) is 3.71. The molecule has 6 nitrogen and oxygen atoms in total. The lowest BCUT2D eigenvalue weighted by Crippen LogP contribution is -2.30. The molecule has 1 aliphatic rings. The maximum Gasteiger partial charge on any atom is 0.245 e. The number of benzene rings is 2. The van der Waals surface area contributed by atoms with Gasteiger partial charge in [-0.2, -0.15) is 5.10 Å². The molecule has 0 fully saturated rings. The summed E-state index contributed by atoms with van der Waals surface area (Å²) in [7, 11) is -3.36. The van der Waals surface area contributed by atoms with Crippen molar-refractivity contribution < 1.29 is 13.2 Å². The van der Waals surface area contributed by atoms with E-state index in [1.165, 1.54) is 0 Å². The molecule has 1 N–H and O–H groups in total. The van der Waals surface area contributed by atoms with E-state index in [4.69, 9.17) is 0 Å². The highest BCUT2D eigenvalue weighted by Gasteiger charge is 2.34. The number of hydrogen-bond acceptors (Lipinski definition) is 4. The summed E-state index contributed by atoms with van der Waals surface area (Å²) < 4.78 is 25.5. The standard InChI is InChI=1S/C20H23N3O3S/c1-14(2)20(24)23-19(15-8-5-4-6-9-15)13-18(21-23)16-10-7-11-17(12-16)22-27(3,25)26/h4-12,14,19,22H,13H2,1-3H3. The summed E-state index contributed by atoms with van der Waals surface area (Å²) in [6.07, 6.45) is 1.69. The lowest BCUT2D eigenvalue weighted by Gasteiger charge is -2.23. The van der Waals surface area contributed by atoms with Crippen molar-refractivity contribution in [1.29, 1.82) is 0 Å². The molecule has 1 unspecified atom stereocenters. The first-order valence-electron chi connectivity index (χ1n) is 8.78. The number of hydrazone groups is 1. The summed E-state index contributed by atoms with van der Waals surface area (Å²) >= 11 is 0. The van der Waals surface area contributed by atoms with Gasteiger partial charge in [0.15, 0.2) is 0 Å². The zero-order valence-electron chi connectivity index (χ0n) is 15.6. The van der Waals surface area contributed by atoms with Gasteiger partial charge in [-0.05, 0) is 23.3 Å². The molecule has 2 aromatic rings. The second-order valence-electron chi connectivity index (χ2n) is 6.97. The van der Waals surface area contributed by atoms with Crippen molar-refractivity contribution in [2.24, 2.45) is 11.0 Å². The number of nitrogens with zero attached hydrogens (tertiary/aromatic N) is 2. The number of sulfonamides is 1. The minimum Gasteiger partial charge on any atom is -0.284 e. The molecule has 0 saturated carbocycles. The summed E-state index contributed by atoms with van der Waals surface area (Å²) in [5.74, 6) is -0.207. The lowest BCUT2D eigenvalue weighted by atomic mass is 9.98. The monoisotopic (exact) mass is 385 g/mol. The largest absolute Gasteiger partial charge is 0.284 e. The topological polar surface area (TPSA) is 78.8 Å². The van der Waals surface area contributed by atoms with Gasteiger partial charge in [0.05, 0.1) is 18.0 Å². The van der Waals surface area contributed by atoms with E-state index in [2.05, 4.69) is 9.82 Å². The molecule has 7 heteroatoms. The molecule has 2 aromatic carbocycles. The Morgan fingerprint density at radius 3 is 2.48 bits per heavy atom. The molecule has 0 radical (unpaired) electrons. The highest BCUT2D eigenvalue weighted by Crippen LogP contribution is 2.34. The Hall–Kier alpha value is -2.67. The summed E-state index contributed by atoms with van der Waals surface area (Å²) in [5, 5.41) is 6.16. The van der Waals surface area contributed by atoms with Gasteiger partial charge in [-0.15, -0.1) is 0 Å². The summed E-state index contributed by atoms with van der Waals surface area (Å²) in [5.41, 5.74) is 3.05. The molecule has 0 spiro atoms. The van der Waals surface area contributed by atoms with Crippen LogP contribution >= 0.6 is 0 Å². The maximum atomic E-state index is 12.7. The highest BCUT2D eigenvalue weighted by atomic mass is 32.2. The molecule has 3 rings (SSSR count). The fourth-order valence-corrected chi connectivity index (χ4v) is 3.62. The molecule has 1 aliphatic heterocycles. The average Bonchev–Trinajstić information content (AvgIpc) is 3.06. The van der Waals surface area contributed by atoms with E-state index < -0.39 is 10.0 Å². The molecule has 0 bridgehead atoms. The molecule has 0 aliphatic carbocycles. The van der Waals surface area contributed by atoms with E-state index in [9.17, 15) is 13.2 Å². The van der Waals surface area contributed by atoms with Crippen molar-refractivity contribution in [1.82, 2.24) is 5.01 Å². The number of amides is 1. The fourth-order valence-electron chi connectivity index (χ4n) is 3.06. The zero-order chi connectivity index (χ0) is 19.6. The zero-order valence-corrected chi connectivity index (χ0v) is 16.4. The molecule has 142 valence electrons. The third kappa shape index (κ3) is 4.54. The Labute approximate surface area is 159 Å². The third-order valence-corrected chi connectivity index (χ3v) is 4.92. The van der Waals surface area contributed by atoms with Crippen LogP contribution in [0.4, 0.5) is 5.69 Å². The summed E-state index contributed by atoms with van der Waals surface area (Å²) in [4.78, 5) is 12.7. The van der Waals surface area contributed by atoms with E-state index in [1.807, 2.05) is 50.2 Å². The molecular weight excluding hydrogens is 362 g/mol. The number of carbonyl (C=O) groups excluding carboxylic acids is 1. The van der Waals surface area contributed by atoms with Crippen LogP contribution in [0.2, 0.25) is 0 Å². The van der Waals surface area contributed by atoms with Gasteiger partial charge in [0.1, 0.15) is 0 Å². The van der Waals surface area contributed by atoms with Crippen LogP contribution in [0.25, 0.3) is 0 Å². The van der Waals surface area contributed by atoms with Gasteiger partial charge in [-0.1, -0.05) is 56.3 Å². The lowest BCUT2D eigenvalue weighted by molar-refractivity contribution is -0.136. The van der Waals surface area contributed by atoms with Crippen LogP contribution in [0.15, 0.2) is 59.7 Å². The second kappa shape index (κ2) is 7.52. The Morgan fingerprint density at radius 2 is 1.85 bits per heavy atom. The Morgan fingerprint density at radius 1 is 1.15 bits per heavy atom. The van der Waals surface area contributed by atoms with Crippen molar-refractivity contribution >= 4 is 27.3 Å². The second-order valence-corrected chi connectivity index (χ2v) is 8.72. The molecule has 27 heavy (non-hydrogen) atoms. The number of hydrogen-bond donors (Lipinski definition) is 1. The SMILES string of the molecule is CC(C)C(=O)N1N=C(c2cccc(NS(C)(=O)=O)c2)CC1c1ccccc1. The Bertz CT molecular complexity index is 969. The molecular formula is C20H23N3O3S.